The summed E-state index contributed by atoms with van der Waals surface area (Å²) in [7, 11) is 0. The molecular weight excluding hydrogens is 448 g/mol. The van der Waals surface area contributed by atoms with Gasteiger partial charge in [-0.25, -0.2) is 5.43 Å². The Hall–Kier alpha value is -3.50. The minimum atomic E-state index is -0.145. The average Bonchev–Trinajstić information content (AvgIpc) is 2.80. The summed E-state index contributed by atoms with van der Waals surface area (Å²) in [6, 6.07) is 30.7. The number of rotatable bonds is 4. The van der Waals surface area contributed by atoms with Crippen LogP contribution in [0.1, 0.15) is 11.1 Å². The van der Waals surface area contributed by atoms with Crippen molar-refractivity contribution in [2.45, 2.75) is 6.42 Å². The molecule has 1 N–H and O–H groups in total. The molecule has 3 nitrogen and oxygen atoms in total. The molecule has 5 rings (SSSR count). The predicted octanol–water partition coefficient (Wildman–Crippen LogP) is 6.60. The van der Waals surface area contributed by atoms with Crippen LogP contribution in [0.4, 0.5) is 0 Å². The van der Waals surface area contributed by atoms with E-state index in [9.17, 15) is 4.79 Å². The summed E-state index contributed by atoms with van der Waals surface area (Å²) >= 11 is 3.58. The van der Waals surface area contributed by atoms with Crippen molar-refractivity contribution in [1.82, 2.24) is 5.43 Å². The molecule has 0 aliphatic heterocycles. The molecule has 1 amide bonds. The highest BCUT2D eigenvalue weighted by atomic mass is 79.9. The smallest absolute Gasteiger partial charge is 0.244 e. The maximum absolute atomic E-state index is 12.6. The standard InChI is InChI=1S/C27H19BrN2O/c28-26-14-13-20(21-9-5-6-12-24(21)26)16-27(31)30-29-17-25-22-10-3-1-7-18(22)15-19-8-2-4-11-23(19)25/h1-15,17H,16H2,(H,30,31)/b29-17+. The largest absolute Gasteiger partial charge is 0.273 e. The topological polar surface area (TPSA) is 41.5 Å². The first-order chi connectivity index (χ1) is 15.2. The molecule has 0 atom stereocenters. The molecule has 0 radical (unpaired) electrons. The number of hydrogen-bond acceptors (Lipinski definition) is 2. The molecule has 150 valence electrons. The number of hydrazone groups is 1. The Balaban J connectivity index is 1.43. The second-order valence-electron chi connectivity index (χ2n) is 7.45. The fourth-order valence-corrected chi connectivity index (χ4v) is 4.53. The number of hydrogen-bond donors (Lipinski definition) is 1. The van der Waals surface area contributed by atoms with Crippen molar-refractivity contribution < 1.29 is 4.79 Å². The Morgan fingerprint density at radius 1 is 0.774 bits per heavy atom. The molecule has 5 aromatic rings. The Bertz CT molecular complexity index is 1420. The second kappa shape index (κ2) is 8.32. The van der Waals surface area contributed by atoms with Gasteiger partial charge in [-0.1, -0.05) is 94.8 Å². The lowest BCUT2D eigenvalue weighted by Gasteiger charge is -2.09. The third-order valence-corrected chi connectivity index (χ3v) is 6.20. The molecule has 0 saturated carbocycles. The molecule has 0 aromatic heterocycles. The molecule has 5 aromatic carbocycles. The minimum Gasteiger partial charge on any atom is -0.273 e. The molecule has 0 spiro atoms. The van der Waals surface area contributed by atoms with Crippen molar-refractivity contribution in [2.75, 3.05) is 0 Å². The molecule has 31 heavy (non-hydrogen) atoms. The van der Waals surface area contributed by atoms with Gasteiger partial charge in [-0.15, -0.1) is 0 Å². The molecular formula is C27H19BrN2O. The quantitative estimate of drug-likeness (QED) is 0.181. The van der Waals surface area contributed by atoms with E-state index < -0.39 is 0 Å². The highest BCUT2D eigenvalue weighted by molar-refractivity contribution is 9.10. The summed E-state index contributed by atoms with van der Waals surface area (Å²) in [6.07, 6.45) is 2.02. The highest BCUT2D eigenvalue weighted by Gasteiger charge is 2.09. The Morgan fingerprint density at radius 3 is 2.03 bits per heavy atom. The summed E-state index contributed by atoms with van der Waals surface area (Å²) < 4.78 is 1.02. The van der Waals surface area contributed by atoms with E-state index in [2.05, 4.69) is 56.8 Å². The fourth-order valence-electron chi connectivity index (χ4n) is 4.05. The summed E-state index contributed by atoms with van der Waals surface area (Å²) in [5.41, 5.74) is 4.68. The van der Waals surface area contributed by atoms with Gasteiger partial charge in [0, 0.05) is 10.0 Å². The van der Waals surface area contributed by atoms with Crippen LogP contribution in [0.3, 0.4) is 0 Å². The van der Waals surface area contributed by atoms with Gasteiger partial charge in [0.1, 0.15) is 0 Å². The zero-order valence-corrected chi connectivity index (χ0v) is 18.3. The molecule has 0 aliphatic carbocycles. The third-order valence-electron chi connectivity index (χ3n) is 5.51. The normalized spacial score (nSPS) is 11.5. The van der Waals surface area contributed by atoms with Crippen LogP contribution in [0, 0.1) is 0 Å². The van der Waals surface area contributed by atoms with Crippen molar-refractivity contribution in [3.05, 3.63) is 107 Å². The van der Waals surface area contributed by atoms with Gasteiger partial charge in [0.2, 0.25) is 5.91 Å². The maximum atomic E-state index is 12.6. The van der Waals surface area contributed by atoms with Crippen LogP contribution in [0.5, 0.6) is 0 Å². The SMILES string of the molecule is O=C(Cc1ccc(Br)c2ccccc12)N/N=C/c1c2ccccc2cc2ccccc12. The number of amides is 1. The van der Waals surface area contributed by atoms with Gasteiger partial charge >= 0.3 is 0 Å². The van der Waals surface area contributed by atoms with E-state index in [4.69, 9.17) is 0 Å². The van der Waals surface area contributed by atoms with E-state index in [1.54, 1.807) is 6.21 Å². The number of halogens is 1. The molecule has 0 saturated heterocycles. The Kier molecular flexibility index (Phi) is 5.23. The molecule has 0 heterocycles. The predicted molar refractivity (Wildman–Crippen MR) is 133 cm³/mol. The molecule has 0 bridgehead atoms. The lowest BCUT2D eigenvalue weighted by Crippen LogP contribution is -2.20. The fraction of sp³-hybridized carbons (Fsp3) is 0.0370. The highest BCUT2D eigenvalue weighted by Crippen LogP contribution is 2.28. The van der Waals surface area contributed by atoms with Crippen molar-refractivity contribution in [3.63, 3.8) is 0 Å². The van der Waals surface area contributed by atoms with Crippen LogP contribution in [-0.4, -0.2) is 12.1 Å². The van der Waals surface area contributed by atoms with E-state index in [1.165, 1.54) is 0 Å². The van der Waals surface area contributed by atoms with E-state index >= 15 is 0 Å². The number of fused-ring (bicyclic) bond motifs is 3. The van der Waals surface area contributed by atoms with Crippen LogP contribution >= 0.6 is 15.9 Å². The van der Waals surface area contributed by atoms with Gasteiger partial charge in [0.25, 0.3) is 0 Å². The number of carbonyl (C=O) groups excluding carboxylic acids is 1. The van der Waals surface area contributed by atoms with Gasteiger partial charge in [-0.3, -0.25) is 4.79 Å². The molecule has 4 heteroatoms. The molecule has 0 aliphatic rings. The first-order valence-corrected chi connectivity index (χ1v) is 10.9. The zero-order valence-electron chi connectivity index (χ0n) is 16.7. The van der Waals surface area contributed by atoms with Crippen LogP contribution in [-0.2, 0) is 11.2 Å². The van der Waals surface area contributed by atoms with Gasteiger partial charge in [-0.2, -0.15) is 5.10 Å². The third kappa shape index (κ3) is 3.82. The number of carbonyl (C=O) groups is 1. The van der Waals surface area contributed by atoms with Crippen LogP contribution < -0.4 is 5.43 Å². The van der Waals surface area contributed by atoms with Crippen molar-refractivity contribution in [2.24, 2.45) is 5.10 Å². The monoisotopic (exact) mass is 466 g/mol. The summed E-state index contributed by atoms with van der Waals surface area (Å²) in [5, 5.41) is 11.0. The van der Waals surface area contributed by atoms with Gasteiger partial charge in [-0.05, 0) is 50.0 Å². The number of nitrogens with one attached hydrogen (secondary N) is 1. The first kappa shape index (κ1) is 19.5. The van der Waals surface area contributed by atoms with Crippen molar-refractivity contribution >= 4 is 60.4 Å². The summed E-state index contributed by atoms with van der Waals surface area (Å²) in [5.74, 6) is -0.145. The van der Waals surface area contributed by atoms with Crippen LogP contribution in [0.25, 0.3) is 32.3 Å². The summed E-state index contributed by atoms with van der Waals surface area (Å²) in [6.45, 7) is 0. The lowest BCUT2D eigenvalue weighted by atomic mass is 9.97. The van der Waals surface area contributed by atoms with E-state index in [1.807, 2.05) is 60.7 Å². The van der Waals surface area contributed by atoms with Crippen molar-refractivity contribution in [1.29, 1.82) is 0 Å². The molecule has 0 unspecified atom stereocenters. The molecule has 0 fully saturated rings. The van der Waals surface area contributed by atoms with Gasteiger partial charge in [0.05, 0.1) is 12.6 Å². The zero-order chi connectivity index (χ0) is 21.2. The van der Waals surface area contributed by atoms with E-state index in [-0.39, 0.29) is 12.3 Å². The Labute approximate surface area is 188 Å². The van der Waals surface area contributed by atoms with Crippen molar-refractivity contribution in [3.8, 4) is 0 Å². The van der Waals surface area contributed by atoms with E-state index in [0.717, 1.165) is 47.9 Å². The van der Waals surface area contributed by atoms with Crippen LogP contribution in [0.15, 0.2) is 101 Å². The minimum absolute atomic E-state index is 0.145. The average molecular weight is 467 g/mol. The van der Waals surface area contributed by atoms with Gasteiger partial charge < -0.3 is 0 Å². The summed E-state index contributed by atoms with van der Waals surface area (Å²) in [4.78, 5) is 12.6. The van der Waals surface area contributed by atoms with Gasteiger partial charge in [0.15, 0.2) is 0 Å². The Morgan fingerprint density at radius 2 is 1.35 bits per heavy atom. The first-order valence-electron chi connectivity index (χ1n) is 10.1. The maximum Gasteiger partial charge on any atom is 0.244 e. The number of nitrogens with zero attached hydrogens (tertiary/aromatic N) is 1. The van der Waals surface area contributed by atoms with E-state index in [0.29, 0.717) is 0 Å². The van der Waals surface area contributed by atoms with Crippen LogP contribution in [0.2, 0.25) is 0 Å². The number of benzene rings is 5. The lowest BCUT2D eigenvalue weighted by molar-refractivity contribution is -0.120. The second-order valence-corrected chi connectivity index (χ2v) is 8.31.